The molecule has 1 N–H and O–H groups in total. The van der Waals surface area contributed by atoms with E-state index in [2.05, 4.69) is 26.1 Å². The van der Waals surface area contributed by atoms with E-state index in [9.17, 15) is 13.2 Å². The number of hydrogen-bond donors (Lipinski definition) is 1. The smallest absolute Gasteiger partial charge is 0.232 e. The summed E-state index contributed by atoms with van der Waals surface area (Å²) in [5.74, 6) is 1.90. The number of carbonyl (C=O) groups is 1. The summed E-state index contributed by atoms with van der Waals surface area (Å²) in [5.41, 5.74) is 0.503. The molecular weight excluding hydrogens is 388 g/mol. The molecule has 1 amide bonds. The van der Waals surface area contributed by atoms with Gasteiger partial charge in [-0.25, -0.2) is 8.42 Å². The first kappa shape index (κ1) is 21.7. The van der Waals surface area contributed by atoms with Gasteiger partial charge in [0.25, 0.3) is 0 Å². The minimum atomic E-state index is -3.47. The zero-order chi connectivity index (χ0) is 20.1. The summed E-state index contributed by atoms with van der Waals surface area (Å²) in [6.07, 6.45) is 1.86. The normalized spacial score (nSPS) is 13.5. The van der Waals surface area contributed by atoms with Gasteiger partial charge in [-0.2, -0.15) is 11.8 Å². The first-order valence-corrected chi connectivity index (χ1v) is 11.7. The van der Waals surface area contributed by atoms with Crippen molar-refractivity contribution in [2.45, 2.75) is 38.4 Å². The first-order chi connectivity index (χ1) is 12.6. The van der Waals surface area contributed by atoms with E-state index in [1.54, 1.807) is 30.0 Å². The van der Waals surface area contributed by atoms with Gasteiger partial charge in [-0.05, 0) is 18.6 Å². The molecule has 0 saturated heterocycles. The predicted molar refractivity (Wildman–Crippen MR) is 109 cm³/mol. The van der Waals surface area contributed by atoms with Crippen LogP contribution in [0.1, 0.15) is 33.6 Å². The van der Waals surface area contributed by atoms with E-state index in [0.717, 1.165) is 12.0 Å². The molecule has 1 aromatic carbocycles. The highest BCUT2D eigenvalue weighted by molar-refractivity contribution is 8.00. The van der Waals surface area contributed by atoms with Crippen LogP contribution in [0.25, 0.3) is 0 Å². The molecule has 0 aliphatic carbocycles. The number of ether oxygens (including phenoxy) is 2. The maximum Gasteiger partial charge on any atom is 0.232 e. The van der Waals surface area contributed by atoms with Crippen LogP contribution in [0.15, 0.2) is 18.2 Å². The predicted octanol–water partition coefficient (Wildman–Crippen LogP) is 2.61. The van der Waals surface area contributed by atoms with E-state index in [-0.39, 0.29) is 30.4 Å². The van der Waals surface area contributed by atoms with Crippen molar-refractivity contribution >= 4 is 33.4 Å². The highest BCUT2D eigenvalue weighted by Crippen LogP contribution is 2.36. The Morgan fingerprint density at radius 1 is 1.26 bits per heavy atom. The third-order valence-corrected chi connectivity index (χ3v) is 6.24. The summed E-state index contributed by atoms with van der Waals surface area (Å²) in [6, 6.07) is 5.01. The summed E-state index contributed by atoms with van der Waals surface area (Å²) in [7, 11) is -3.47. The maximum absolute atomic E-state index is 12.2. The highest BCUT2D eigenvalue weighted by atomic mass is 32.2. The van der Waals surface area contributed by atoms with Gasteiger partial charge in [-0.15, -0.1) is 0 Å². The molecule has 1 heterocycles. The standard InChI is InChI=1S/C18H28N2O5S2/c1-18(2,3)26-11-9-19-17(21)6-5-10-20(27(4,22)23)14-7-8-15-16(12-14)25-13-24-15/h7-8,12H,5-6,9-11,13H2,1-4H3,(H,19,21). The SMILES string of the molecule is CC(C)(C)SCCNC(=O)CCCN(c1ccc2c(c1)OCO2)S(C)(=O)=O. The van der Waals surface area contributed by atoms with Crippen molar-refractivity contribution in [2.75, 3.05) is 36.2 Å². The molecule has 0 radical (unpaired) electrons. The maximum atomic E-state index is 12.2. The summed E-state index contributed by atoms with van der Waals surface area (Å²) < 4.78 is 36.4. The van der Waals surface area contributed by atoms with Crippen LogP contribution in [0.2, 0.25) is 0 Å². The number of amides is 1. The topological polar surface area (TPSA) is 84.9 Å². The summed E-state index contributed by atoms with van der Waals surface area (Å²) >= 11 is 1.79. The van der Waals surface area contributed by atoms with Crippen molar-refractivity contribution < 1.29 is 22.7 Å². The van der Waals surface area contributed by atoms with E-state index >= 15 is 0 Å². The molecule has 0 unspecified atom stereocenters. The number of sulfonamides is 1. The van der Waals surface area contributed by atoms with Gasteiger partial charge in [0.1, 0.15) is 0 Å². The molecule has 0 aromatic heterocycles. The molecule has 0 fully saturated rings. The van der Waals surface area contributed by atoms with Gasteiger partial charge in [-0.1, -0.05) is 20.8 Å². The van der Waals surface area contributed by atoms with E-state index < -0.39 is 10.0 Å². The second-order valence-corrected chi connectivity index (χ2v) is 11.1. The van der Waals surface area contributed by atoms with E-state index in [0.29, 0.717) is 30.2 Å². The fourth-order valence-electron chi connectivity index (χ4n) is 2.55. The third-order valence-electron chi connectivity index (χ3n) is 3.77. The lowest BCUT2D eigenvalue weighted by Crippen LogP contribution is -2.32. The fraction of sp³-hybridized carbons (Fsp3) is 0.611. The lowest BCUT2D eigenvalue weighted by Gasteiger charge is -2.22. The van der Waals surface area contributed by atoms with Crippen molar-refractivity contribution in [3.05, 3.63) is 18.2 Å². The Labute approximate surface area is 165 Å². The van der Waals surface area contributed by atoms with E-state index in [4.69, 9.17) is 9.47 Å². The number of thioether (sulfide) groups is 1. The van der Waals surface area contributed by atoms with Crippen LogP contribution in [0.3, 0.4) is 0 Å². The molecule has 9 heteroatoms. The van der Waals surface area contributed by atoms with Crippen LogP contribution in [0.4, 0.5) is 5.69 Å². The van der Waals surface area contributed by atoms with Crippen LogP contribution >= 0.6 is 11.8 Å². The molecule has 1 aliphatic rings. The lowest BCUT2D eigenvalue weighted by atomic mass is 10.2. The largest absolute Gasteiger partial charge is 0.454 e. The Morgan fingerprint density at radius 2 is 1.96 bits per heavy atom. The minimum Gasteiger partial charge on any atom is -0.454 e. The summed E-state index contributed by atoms with van der Waals surface area (Å²) in [5, 5.41) is 2.88. The van der Waals surface area contributed by atoms with Crippen molar-refractivity contribution in [3.8, 4) is 11.5 Å². The van der Waals surface area contributed by atoms with Crippen LogP contribution in [0.5, 0.6) is 11.5 Å². The average Bonchev–Trinajstić information content (AvgIpc) is 3.01. The van der Waals surface area contributed by atoms with Gasteiger partial charge in [-0.3, -0.25) is 9.10 Å². The van der Waals surface area contributed by atoms with Gasteiger partial charge in [0.05, 0.1) is 11.9 Å². The fourth-order valence-corrected chi connectivity index (χ4v) is 4.32. The second kappa shape index (κ2) is 9.05. The van der Waals surface area contributed by atoms with Crippen molar-refractivity contribution in [2.24, 2.45) is 0 Å². The average molecular weight is 417 g/mol. The molecular formula is C18H28N2O5S2. The Morgan fingerprint density at radius 3 is 2.63 bits per heavy atom. The number of benzene rings is 1. The molecule has 0 atom stereocenters. The van der Waals surface area contributed by atoms with Gasteiger partial charge < -0.3 is 14.8 Å². The minimum absolute atomic E-state index is 0.0661. The molecule has 27 heavy (non-hydrogen) atoms. The highest BCUT2D eigenvalue weighted by Gasteiger charge is 2.21. The Hall–Kier alpha value is -1.61. The Kier molecular flexibility index (Phi) is 7.27. The molecule has 0 bridgehead atoms. The molecule has 2 rings (SSSR count). The monoisotopic (exact) mass is 416 g/mol. The number of anilines is 1. The van der Waals surface area contributed by atoms with Gasteiger partial charge in [0.2, 0.25) is 22.7 Å². The zero-order valence-corrected chi connectivity index (χ0v) is 17.9. The van der Waals surface area contributed by atoms with Gasteiger partial charge in [0, 0.05) is 36.1 Å². The van der Waals surface area contributed by atoms with Crippen LogP contribution in [-0.2, 0) is 14.8 Å². The quantitative estimate of drug-likeness (QED) is 0.623. The Bertz CT molecular complexity index is 760. The van der Waals surface area contributed by atoms with Gasteiger partial charge in [0.15, 0.2) is 11.5 Å². The molecule has 1 aromatic rings. The van der Waals surface area contributed by atoms with E-state index in [1.165, 1.54) is 4.31 Å². The van der Waals surface area contributed by atoms with Crippen molar-refractivity contribution in [3.63, 3.8) is 0 Å². The number of nitrogens with one attached hydrogen (secondary N) is 1. The molecule has 1 aliphatic heterocycles. The third kappa shape index (κ3) is 7.14. The number of fused-ring (bicyclic) bond motifs is 1. The second-order valence-electron chi connectivity index (χ2n) is 7.29. The molecule has 0 spiro atoms. The molecule has 0 saturated carbocycles. The Balaban J connectivity index is 1.84. The number of hydrogen-bond acceptors (Lipinski definition) is 6. The van der Waals surface area contributed by atoms with Crippen LogP contribution < -0.4 is 19.1 Å². The van der Waals surface area contributed by atoms with E-state index in [1.807, 2.05) is 0 Å². The first-order valence-electron chi connectivity index (χ1n) is 8.84. The number of rotatable bonds is 9. The van der Waals surface area contributed by atoms with Crippen molar-refractivity contribution in [1.29, 1.82) is 0 Å². The lowest BCUT2D eigenvalue weighted by molar-refractivity contribution is -0.121. The van der Waals surface area contributed by atoms with Crippen LogP contribution in [-0.4, -0.2) is 51.0 Å². The van der Waals surface area contributed by atoms with Crippen molar-refractivity contribution in [1.82, 2.24) is 5.32 Å². The van der Waals surface area contributed by atoms with Crippen LogP contribution in [0, 0.1) is 0 Å². The summed E-state index contributed by atoms with van der Waals surface area (Å²) in [4.78, 5) is 12.0. The van der Waals surface area contributed by atoms with Gasteiger partial charge >= 0.3 is 0 Å². The number of nitrogens with zero attached hydrogens (tertiary/aromatic N) is 1. The molecule has 7 nitrogen and oxygen atoms in total. The summed E-state index contributed by atoms with van der Waals surface area (Å²) in [6.45, 7) is 7.37. The molecule has 152 valence electrons. The zero-order valence-electron chi connectivity index (χ0n) is 16.3. The number of carbonyl (C=O) groups excluding carboxylic acids is 1.